The van der Waals surface area contributed by atoms with E-state index in [-0.39, 0.29) is 0 Å². The minimum Gasteiger partial charge on any atom is -0.443 e. The predicted octanol–water partition coefficient (Wildman–Crippen LogP) is 5.13. The maximum Gasteiger partial charge on any atom is 0.417 e. The normalized spacial score (nSPS) is 22.8. The molecule has 1 amide bonds. The van der Waals surface area contributed by atoms with Gasteiger partial charge in [0, 0.05) is 12.8 Å². The zero-order valence-electron chi connectivity index (χ0n) is 17.9. The molecule has 0 unspecified atom stereocenters. The molecule has 2 aromatic carbocycles. The number of anilines is 2. The van der Waals surface area contributed by atoms with E-state index in [9.17, 15) is 4.79 Å². The molecule has 7 heteroatoms. The monoisotopic (exact) mass is 425 g/mol. The van der Waals surface area contributed by atoms with Crippen molar-refractivity contribution < 1.29 is 14.3 Å². The van der Waals surface area contributed by atoms with Crippen molar-refractivity contribution in [3.05, 3.63) is 59.7 Å². The lowest BCUT2D eigenvalue weighted by Crippen LogP contribution is -2.49. The van der Waals surface area contributed by atoms with Crippen molar-refractivity contribution in [1.82, 2.24) is 0 Å². The largest absolute Gasteiger partial charge is 0.443 e. The van der Waals surface area contributed by atoms with Gasteiger partial charge in [-0.3, -0.25) is 4.99 Å². The van der Waals surface area contributed by atoms with Gasteiger partial charge in [0.2, 0.25) is 0 Å². The van der Waals surface area contributed by atoms with Crippen LogP contribution in [0.5, 0.6) is 0 Å². The molecule has 2 heterocycles. The van der Waals surface area contributed by atoms with Gasteiger partial charge in [-0.25, -0.2) is 9.69 Å². The van der Waals surface area contributed by atoms with E-state index in [2.05, 4.69) is 24.4 Å². The summed E-state index contributed by atoms with van der Waals surface area (Å²) < 4.78 is 11.1. The third-order valence-corrected chi connectivity index (χ3v) is 6.44. The lowest BCUT2D eigenvalue weighted by molar-refractivity contribution is 0.0337. The Morgan fingerprint density at radius 3 is 2.57 bits per heavy atom. The molecule has 30 heavy (non-hydrogen) atoms. The number of benzene rings is 2. The van der Waals surface area contributed by atoms with E-state index >= 15 is 0 Å². The summed E-state index contributed by atoms with van der Waals surface area (Å²) in [4.78, 5) is 19.5. The summed E-state index contributed by atoms with van der Waals surface area (Å²) in [5, 5.41) is 4.21. The van der Waals surface area contributed by atoms with E-state index < -0.39 is 22.7 Å². The Morgan fingerprint density at radius 1 is 1.20 bits per heavy atom. The number of aryl methyl sites for hydroxylation is 1. The number of aliphatic imine (C=N–C) groups is 1. The van der Waals surface area contributed by atoms with Crippen molar-refractivity contribution >= 4 is 34.4 Å². The average Bonchev–Trinajstić information content (AvgIpc) is 3.22. The highest BCUT2D eigenvalue weighted by Crippen LogP contribution is 2.55. The van der Waals surface area contributed by atoms with Crippen LogP contribution in [-0.2, 0) is 14.2 Å². The molecule has 2 aliphatic rings. The molecule has 0 aromatic heterocycles. The number of hydrogen-bond donors (Lipinski definition) is 1. The molecule has 2 aliphatic heterocycles. The molecule has 158 valence electrons. The lowest BCUT2D eigenvalue weighted by atomic mass is 9.99. The third kappa shape index (κ3) is 3.68. The Hall–Kier alpha value is -2.51. The Balaban J connectivity index is 1.65. The van der Waals surface area contributed by atoms with Crippen LogP contribution in [-0.4, -0.2) is 36.7 Å². The molecule has 0 radical (unpaired) electrons. The van der Waals surface area contributed by atoms with Gasteiger partial charge in [-0.05, 0) is 51.5 Å². The van der Waals surface area contributed by atoms with Crippen LogP contribution in [0.25, 0.3) is 0 Å². The number of methoxy groups -OCH3 is 1. The second-order valence-corrected chi connectivity index (χ2v) is 9.88. The molecule has 0 saturated carbocycles. The fourth-order valence-electron chi connectivity index (χ4n) is 3.83. The van der Waals surface area contributed by atoms with Gasteiger partial charge < -0.3 is 14.8 Å². The van der Waals surface area contributed by atoms with Gasteiger partial charge in [0.1, 0.15) is 10.3 Å². The molecule has 0 saturated heterocycles. The Bertz CT molecular complexity index is 984. The quantitative estimate of drug-likeness (QED) is 0.722. The maximum absolute atomic E-state index is 13.1. The lowest BCUT2D eigenvalue weighted by Gasteiger charge is -2.33. The van der Waals surface area contributed by atoms with Crippen molar-refractivity contribution in [3.63, 3.8) is 0 Å². The highest BCUT2D eigenvalue weighted by molar-refractivity contribution is 8.15. The number of ether oxygens (including phenoxy) is 2. The van der Waals surface area contributed by atoms with Crippen LogP contribution in [0.1, 0.15) is 31.9 Å². The number of hydrogen-bond acceptors (Lipinski definition) is 6. The molecule has 1 N–H and O–H groups in total. The summed E-state index contributed by atoms with van der Waals surface area (Å²) in [7, 11) is 1.63. The summed E-state index contributed by atoms with van der Waals surface area (Å²) in [6, 6.07) is 16.1. The van der Waals surface area contributed by atoms with Gasteiger partial charge in [0.15, 0.2) is 11.4 Å². The fourth-order valence-corrected chi connectivity index (χ4v) is 5.19. The highest BCUT2D eigenvalue weighted by Gasteiger charge is 2.57. The summed E-state index contributed by atoms with van der Waals surface area (Å²) in [5.74, 6) is 0. The Morgan fingerprint density at radius 2 is 1.90 bits per heavy atom. The molecule has 6 nitrogen and oxygen atoms in total. The summed E-state index contributed by atoms with van der Waals surface area (Å²) >= 11 is 1.60. The predicted molar refractivity (Wildman–Crippen MR) is 122 cm³/mol. The molecule has 0 bridgehead atoms. The second-order valence-electron chi connectivity index (χ2n) is 8.56. The first-order valence-electron chi connectivity index (χ1n) is 9.95. The van der Waals surface area contributed by atoms with Crippen molar-refractivity contribution in [2.75, 3.05) is 23.9 Å². The van der Waals surface area contributed by atoms with Gasteiger partial charge in [0.25, 0.3) is 0 Å². The van der Waals surface area contributed by atoms with Gasteiger partial charge in [-0.1, -0.05) is 47.7 Å². The summed E-state index contributed by atoms with van der Waals surface area (Å²) in [6.45, 7) is 8.15. The van der Waals surface area contributed by atoms with E-state index in [0.717, 1.165) is 22.1 Å². The topological polar surface area (TPSA) is 63.2 Å². The molecular weight excluding hydrogens is 398 g/mol. The maximum atomic E-state index is 13.1. The standard InChI is InChI=1S/C23H27N3O3S/c1-15-10-12-16(13-11-15)25-20-24-14-23(30-20)17-8-6-7-9-18(17)26(19(23)28-5)21(27)29-22(2,3)4/h6-13,19H,14H2,1-5H3,(H,24,25)/t19-,23-/m0/s1. The van der Waals surface area contributed by atoms with E-state index in [4.69, 9.17) is 14.5 Å². The van der Waals surface area contributed by atoms with Crippen molar-refractivity contribution in [2.24, 2.45) is 4.99 Å². The van der Waals surface area contributed by atoms with Crippen LogP contribution in [0.3, 0.4) is 0 Å². The first-order chi connectivity index (χ1) is 14.2. The number of para-hydroxylation sites is 1. The highest BCUT2D eigenvalue weighted by atomic mass is 32.2. The first-order valence-corrected chi connectivity index (χ1v) is 10.8. The van der Waals surface area contributed by atoms with Gasteiger partial charge >= 0.3 is 6.09 Å². The number of amidine groups is 1. The minimum absolute atomic E-state index is 0.417. The number of amides is 1. The van der Waals surface area contributed by atoms with E-state index in [1.165, 1.54) is 5.56 Å². The van der Waals surface area contributed by atoms with Crippen molar-refractivity contribution in [3.8, 4) is 0 Å². The number of carbonyl (C=O) groups excluding carboxylic acids is 1. The molecule has 4 rings (SSSR count). The zero-order chi connectivity index (χ0) is 21.5. The van der Waals surface area contributed by atoms with Gasteiger partial charge in [-0.2, -0.15) is 0 Å². The van der Waals surface area contributed by atoms with Gasteiger partial charge in [-0.15, -0.1) is 0 Å². The Labute approximate surface area is 181 Å². The van der Waals surface area contributed by atoms with Crippen LogP contribution in [0.15, 0.2) is 53.5 Å². The summed E-state index contributed by atoms with van der Waals surface area (Å²) in [6.07, 6.45) is -0.949. The van der Waals surface area contributed by atoms with E-state index in [1.807, 2.05) is 57.2 Å². The molecule has 2 aromatic rings. The first kappa shape index (κ1) is 20.8. The molecule has 0 aliphatic carbocycles. The number of nitrogens with one attached hydrogen (secondary N) is 1. The molecule has 0 fully saturated rings. The summed E-state index contributed by atoms with van der Waals surface area (Å²) in [5.41, 5.74) is 3.41. The number of rotatable bonds is 2. The number of thioether (sulfide) groups is 1. The fraction of sp³-hybridized carbons (Fsp3) is 0.391. The zero-order valence-corrected chi connectivity index (χ0v) is 18.7. The second kappa shape index (κ2) is 7.63. The van der Waals surface area contributed by atoms with Crippen LogP contribution >= 0.6 is 11.8 Å². The van der Waals surface area contributed by atoms with E-state index in [0.29, 0.717) is 6.54 Å². The van der Waals surface area contributed by atoms with Crippen molar-refractivity contribution in [1.29, 1.82) is 0 Å². The minimum atomic E-state index is -0.600. The molecule has 1 spiro atoms. The number of nitrogens with zero attached hydrogens (tertiary/aromatic N) is 2. The Kier molecular flexibility index (Phi) is 5.28. The third-order valence-electron chi connectivity index (χ3n) is 5.11. The SMILES string of the molecule is CO[C@@H]1N(C(=O)OC(C)(C)C)c2ccccc2[C@@]12CN=C(Nc1ccc(C)cc1)S2. The smallest absolute Gasteiger partial charge is 0.417 e. The van der Waals surface area contributed by atoms with Gasteiger partial charge in [0.05, 0.1) is 12.2 Å². The van der Waals surface area contributed by atoms with Crippen LogP contribution in [0.2, 0.25) is 0 Å². The van der Waals surface area contributed by atoms with Crippen LogP contribution in [0, 0.1) is 6.92 Å². The average molecular weight is 426 g/mol. The number of fused-ring (bicyclic) bond motifs is 2. The molecular formula is C23H27N3O3S. The van der Waals surface area contributed by atoms with E-state index in [1.54, 1.807) is 23.8 Å². The number of carbonyl (C=O) groups is 1. The molecule has 2 atom stereocenters. The van der Waals surface area contributed by atoms with Crippen LogP contribution < -0.4 is 10.2 Å². The van der Waals surface area contributed by atoms with Crippen LogP contribution in [0.4, 0.5) is 16.2 Å². The van der Waals surface area contributed by atoms with Crippen molar-refractivity contribution in [2.45, 2.75) is 44.3 Å².